The third-order valence-corrected chi connectivity index (χ3v) is 9.92. The number of Topliss-reactive ketones (excluding diaryl/α,β-unsaturated/α-hetero) is 1. The van der Waals surface area contributed by atoms with Gasteiger partial charge in [-0.1, -0.05) is 45.1 Å². The molecule has 2 saturated carbocycles. The first-order valence-corrected chi connectivity index (χ1v) is 15.5. The molecule has 1 aliphatic heterocycles. The lowest BCUT2D eigenvalue weighted by atomic mass is 9.74. The average Bonchev–Trinajstić information content (AvgIpc) is 3.62. The van der Waals surface area contributed by atoms with Crippen LogP contribution < -0.4 is 0 Å². The fourth-order valence-corrected chi connectivity index (χ4v) is 7.64. The largest absolute Gasteiger partial charge is 0.460 e. The number of nitrogens with zero attached hydrogens (tertiary/aromatic N) is 1. The van der Waals surface area contributed by atoms with Crippen molar-refractivity contribution >= 4 is 28.6 Å². The molecule has 0 N–H and O–H groups in total. The van der Waals surface area contributed by atoms with E-state index in [4.69, 9.17) is 9.15 Å². The Kier molecular flexibility index (Phi) is 9.27. The number of hydrogen-bond donors (Lipinski definition) is 0. The number of carbonyl (C=O) groups is 3. The molecule has 1 aromatic heterocycles. The van der Waals surface area contributed by atoms with Gasteiger partial charge in [0.05, 0.1) is 19.3 Å². The molecule has 6 nitrogen and oxygen atoms in total. The van der Waals surface area contributed by atoms with Gasteiger partial charge in [0.25, 0.3) is 0 Å². The lowest BCUT2D eigenvalue weighted by molar-refractivity contribution is -0.143. The molecule has 0 unspecified atom stereocenters. The van der Waals surface area contributed by atoms with Crippen LogP contribution in [-0.2, 0) is 20.7 Å². The topological polar surface area (TPSA) is 76.8 Å². The molecule has 3 atom stereocenters. The molecule has 1 aromatic carbocycles. The third-order valence-electron chi connectivity index (χ3n) is 9.92. The molecule has 3 aliphatic rings. The Morgan fingerprint density at radius 3 is 2.48 bits per heavy atom. The Bertz CT molecular complexity index is 1190. The predicted octanol–water partition coefficient (Wildman–Crippen LogP) is 6.93. The molecule has 1 amide bonds. The lowest BCUT2D eigenvalue weighted by Crippen LogP contribution is -2.48. The van der Waals surface area contributed by atoms with Crippen LogP contribution in [0.3, 0.4) is 0 Å². The quantitative estimate of drug-likeness (QED) is 0.315. The van der Waals surface area contributed by atoms with E-state index in [2.05, 4.69) is 0 Å². The highest BCUT2D eigenvalue weighted by atomic mass is 19.1. The number of alkyl halides is 1. The summed E-state index contributed by atoms with van der Waals surface area (Å²) in [6.45, 7) is 4.34. The van der Waals surface area contributed by atoms with Gasteiger partial charge in [-0.05, 0) is 86.5 Å². The molecule has 2 aliphatic carbocycles. The number of rotatable bonds is 9. The molecule has 2 aromatic rings. The zero-order valence-electron chi connectivity index (χ0n) is 24.0. The lowest BCUT2D eigenvalue weighted by Gasteiger charge is -2.37. The Morgan fingerprint density at radius 2 is 1.77 bits per heavy atom. The second kappa shape index (κ2) is 12.9. The number of halogens is 1. The summed E-state index contributed by atoms with van der Waals surface area (Å²) < 4.78 is 23.9. The molecular weight excluding hydrogens is 509 g/mol. The highest BCUT2D eigenvalue weighted by Gasteiger charge is 2.46. The van der Waals surface area contributed by atoms with Crippen molar-refractivity contribution in [3.05, 3.63) is 35.6 Å². The number of ketones is 1. The number of esters is 1. The van der Waals surface area contributed by atoms with Gasteiger partial charge in [-0.2, -0.15) is 0 Å². The monoisotopic (exact) mass is 553 g/mol. The van der Waals surface area contributed by atoms with Crippen LogP contribution in [0.4, 0.5) is 4.39 Å². The van der Waals surface area contributed by atoms with Crippen molar-refractivity contribution in [1.29, 1.82) is 0 Å². The number of benzene rings is 1. The fraction of sp³-hybridized carbons (Fsp3) is 0.667. The standard InChI is InChI=1S/C33H44FNO5/c1-3-39-33(38)30-19-26-17-22(9-14-29(26)40-30)18-28(36)31-27(24-7-5-4-6-8-24)15-16-35(31)32(37)25-12-10-23(11-13-25)21(2)20-34/h9,14,17,19,21,23-25,27,31H,3-8,10-13,15-16,18,20H2,1-2H3/t21-,23?,25?,27-,31-/m0/s1. The second-order valence-electron chi connectivity index (χ2n) is 12.4. The maximum absolute atomic E-state index is 14.0. The summed E-state index contributed by atoms with van der Waals surface area (Å²) >= 11 is 0. The molecule has 0 bridgehead atoms. The van der Waals surface area contributed by atoms with Gasteiger partial charge in [0.1, 0.15) is 5.58 Å². The molecule has 5 rings (SSSR count). The molecule has 0 radical (unpaired) electrons. The van der Waals surface area contributed by atoms with Gasteiger partial charge < -0.3 is 14.1 Å². The van der Waals surface area contributed by atoms with Crippen LogP contribution in [0.15, 0.2) is 28.7 Å². The summed E-state index contributed by atoms with van der Waals surface area (Å²) in [7, 11) is 0. The summed E-state index contributed by atoms with van der Waals surface area (Å²) in [6.07, 6.45) is 10.4. The second-order valence-corrected chi connectivity index (χ2v) is 12.4. The Morgan fingerprint density at radius 1 is 1.02 bits per heavy atom. The average molecular weight is 554 g/mol. The zero-order chi connectivity index (χ0) is 28.2. The van der Waals surface area contributed by atoms with E-state index in [0.717, 1.165) is 55.9 Å². The van der Waals surface area contributed by atoms with Gasteiger partial charge in [0, 0.05) is 24.3 Å². The summed E-state index contributed by atoms with van der Waals surface area (Å²) in [5.74, 6) is 0.934. The van der Waals surface area contributed by atoms with Crippen LogP contribution >= 0.6 is 0 Å². The number of fused-ring (bicyclic) bond motifs is 1. The number of ether oxygens (including phenoxy) is 1. The smallest absolute Gasteiger partial charge is 0.374 e. The van der Waals surface area contributed by atoms with E-state index in [-0.39, 0.29) is 60.9 Å². The van der Waals surface area contributed by atoms with Crippen LogP contribution in [-0.4, -0.2) is 48.4 Å². The predicted molar refractivity (Wildman–Crippen MR) is 152 cm³/mol. The van der Waals surface area contributed by atoms with Crippen molar-refractivity contribution in [2.75, 3.05) is 19.8 Å². The van der Waals surface area contributed by atoms with Crippen LogP contribution in [0.2, 0.25) is 0 Å². The number of carbonyl (C=O) groups excluding carboxylic acids is 3. The van der Waals surface area contributed by atoms with Gasteiger partial charge in [-0.15, -0.1) is 0 Å². The minimum atomic E-state index is -0.500. The molecule has 3 fully saturated rings. The molecular formula is C33H44FNO5. The van der Waals surface area contributed by atoms with E-state index in [1.165, 1.54) is 19.3 Å². The van der Waals surface area contributed by atoms with Gasteiger partial charge in [-0.3, -0.25) is 14.0 Å². The zero-order valence-corrected chi connectivity index (χ0v) is 24.0. The van der Waals surface area contributed by atoms with E-state index in [0.29, 0.717) is 24.0 Å². The summed E-state index contributed by atoms with van der Waals surface area (Å²) in [4.78, 5) is 42.0. The van der Waals surface area contributed by atoms with Gasteiger partial charge in [-0.25, -0.2) is 4.79 Å². The van der Waals surface area contributed by atoms with Crippen LogP contribution in [0.1, 0.15) is 94.2 Å². The van der Waals surface area contributed by atoms with Crippen molar-refractivity contribution in [2.45, 2.75) is 90.5 Å². The van der Waals surface area contributed by atoms with Crippen molar-refractivity contribution in [2.24, 2.45) is 29.6 Å². The first-order chi connectivity index (χ1) is 19.4. The summed E-state index contributed by atoms with van der Waals surface area (Å²) in [5, 5.41) is 0.760. The molecule has 2 heterocycles. The van der Waals surface area contributed by atoms with E-state index in [1.807, 2.05) is 24.0 Å². The first-order valence-electron chi connectivity index (χ1n) is 15.5. The van der Waals surface area contributed by atoms with Crippen molar-refractivity contribution in [3.8, 4) is 0 Å². The SMILES string of the molecule is CCOC(=O)c1cc2cc(CC(=O)[C@@H]3[C@H](C4CCCCC4)CCN3C(=O)C3CCC([C@@H](C)CF)CC3)ccc2o1. The molecule has 218 valence electrons. The van der Waals surface area contributed by atoms with Gasteiger partial charge in [0.2, 0.25) is 11.7 Å². The van der Waals surface area contributed by atoms with E-state index < -0.39 is 5.97 Å². The van der Waals surface area contributed by atoms with Crippen molar-refractivity contribution in [3.63, 3.8) is 0 Å². The highest BCUT2D eigenvalue weighted by Crippen LogP contribution is 2.42. The third kappa shape index (κ3) is 6.13. The highest BCUT2D eigenvalue weighted by molar-refractivity contribution is 5.94. The van der Waals surface area contributed by atoms with Crippen molar-refractivity contribution < 1.29 is 27.9 Å². The normalized spacial score (nSPS) is 26.6. The maximum Gasteiger partial charge on any atom is 0.374 e. The van der Waals surface area contributed by atoms with Crippen molar-refractivity contribution in [1.82, 2.24) is 4.90 Å². The van der Waals surface area contributed by atoms with Crippen LogP contribution in [0.5, 0.6) is 0 Å². The number of hydrogen-bond acceptors (Lipinski definition) is 5. The Balaban J connectivity index is 1.33. The van der Waals surface area contributed by atoms with E-state index >= 15 is 0 Å². The molecule has 40 heavy (non-hydrogen) atoms. The Hall–Kier alpha value is -2.70. The van der Waals surface area contributed by atoms with Gasteiger partial charge in [0.15, 0.2) is 5.78 Å². The summed E-state index contributed by atoms with van der Waals surface area (Å²) in [6, 6.07) is 6.87. The number of amides is 1. The first kappa shape index (κ1) is 28.8. The fourth-order valence-electron chi connectivity index (χ4n) is 7.64. The number of furan rings is 1. The minimum absolute atomic E-state index is 0.0498. The van der Waals surface area contributed by atoms with Crippen LogP contribution in [0.25, 0.3) is 11.0 Å². The molecule has 7 heteroatoms. The van der Waals surface area contributed by atoms with Gasteiger partial charge >= 0.3 is 5.97 Å². The Labute approximate surface area is 237 Å². The van der Waals surface area contributed by atoms with E-state index in [9.17, 15) is 18.8 Å². The molecule has 0 spiro atoms. The van der Waals surface area contributed by atoms with E-state index in [1.54, 1.807) is 19.1 Å². The van der Waals surface area contributed by atoms with Crippen LogP contribution in [0, 0.1) is 29.6 Å². The molecule has 1 saturated heterocycles. The minimum Gasteiger partial charge on any atom is -0.460 e. The summed E-state index contributed by atoms with van der Waals surface area (Å²) in [5.41, 5.74) is 1.44. The maximum atomic E-state index is 14.0. The number of likely N-dealkylation sites (tertiary alicyclic amines) is 1.